The molecule has 0 bridgehead atoms. The summed E-state index contributed by atoms with van der Waals surface area (Å²) in [6.45, 7) is 6.00. The molecule has 13 heavy (non-hydrogen) atoms. The van der Waals surface area contributed by atoms with Gasteiger partial charge in [0, 0.05) is 24.9 Å². The minimum Gasteiger partial charge on any atom is -0.375 e. The maximum atomic E-state index is 11.4. The van der Waals surface area contributed by atoms with Gasteiger partial charge in [-0.05, 0) is 31.3 Å². The molecule has 1 heterocycles. The Labute approximate surface area is 78.9 Å². The SMILES string of the molecule is C=C1CCC(N2CCCC2)=CC1=O. The maximum absolute atomic E-state index is 11.4. The highest BCUT2D eigenvalue weighted by atomic mass is 16.1. The Morgan fingerprint density at radius 3 is 2.54 bits per heavy atom. The number of hydrogen-bond acceptors (Lipinski definition) is 2. The van der Waals surface area contributed by atoms with E-state index in [1.807, 2.05) is 0 Å². The van der Waals surface area contributed by atoms with Gasteiger partial charge < -0.3 is 4.90 Å². The first-order valence-electron chi connectivity index (χ1n) is 4.95. The van der Waals surface area contributed by atoms with Crippen molar-refractivity contribution in [3.8, 4) is 0 Å². The van der Waals surface area contributed by atoms with E-state index in [9.17, 15) is 4.79 Å². The van der Waals surface area contributed by atoms with Gasteiger partial charge in [-0.25, -0.2) is 0 Å². The fourth-order valence-corrected chi connectivity index (χ4v) is 1.98. The van der Waals surface area contributed by atoms with Gasteiger partial charge in [0.05, 0.1) is 0 Å². The van der Waals surface area contributed by atoms with Crippen molar-refractivity contribution in [3.05, 3.63) is 23.9 Å². The Bertz CT molecular complexity index is 272. The third kappa shape index (κ3) is 1.67. The second kappa shape index (κ2) is 3.36. The number of allylic oxidation sites excluding steroid dienone is 3. The van der Waals surface area contributed by atoms with E-state index in [1.54, 1.807) is 6.08 Å². The standard InChI is InChI=1S/C11H15NO/c1-9-4-5-10(8-11(9)13)12-6-2-3-7-12/h8H,1-7H2. The summed E-state index contributed by atoms with van der Waals surface area (Å²) in [6, 6.07) is 0. The third-order valence-corrected chi connectivity index (χ3v) is 2.84. The van der Waals surface area contributed by atoms with E-state index in [0.717, 1.165) is 31.5 Å². The van der Waals surface area contributed by atoms with Crippen LogP contribution in [0.3, 0.4) is 0 Å². The van der Waals surface area contributed by atoms with Crippen LogP contribution in [0.15, 0.2) is 23.9 Å². The maximum Gasteiger partial charge on any atom is 0.182 e. The smallest absolute Gasteiger partial charge is 0.182 e. The number of nitrogens with zero attached hydrogens (tertiary/aromatic N) is 1. The number of hydrogen-bond donors (Lipinski definition) is 0. The highest BCUT2D eigenvalue weighted by molar-refractivity contribution is 6.04. The van der Waals surface area contributed by atoms with Crippen molar-refractivity contribution in [2.24, 2.45) is 0 Å². The van der Waals surface area contributed by atoms with Crippen LogP contribution < -0.4 is 0 Å². The zero-order chi connectivity index (χ0) is 9.26. The molecule has 0 radical (unpaired) electrons. The molecule has 1 fully saturated rings. The van der Waals surface area contributed by atoms with Gasteiger partial charge in [-0.1, -0.05) is 6.58 Å². The molecule has 2 heteroatoms. The predicted molar refractivity (Wildman–Crippen MR) is 52.3 cm³/mol. The molecule has 1 saturated heterocycles. The van der Waals surface area contributed by atoms with Gasteiger partial charge in [0.25, 0.3) is 0 Å². The second-order valence-corrected chi connectivity index (χ2v) is 3.80. The van der Waals surface area contributed by atoms with Crippen LogP contribution in [0.25, 0.3) is 0 Å². The Morgan fingerprint density at radius 2 is 1.92 bits per heavy atom. The highest BCUT2D eigenvalue weighted by Crippen LogP contribution is 2.24. The molecule has 0 aromatic rings. The Kier molecular flexibility index (Phi) is 2.21. The number of carbonyl (C=O) groups is 1. The Balaban J connectivity index is 2.11. The summed E-state index contributed by atoms with van der Waals surface area (Å²) in [6.07, 6.45) is 6.17. The molecule has 0 saturated carbocycles. The summed E-state index contributed by atoms with van der Waals surface area (Å²) < 4.78 is 0. The topological polar surface area (TPSA) is 20.3 Å². The molecular formula is C11H15NO. The fourth-order valence-electron chi connectivity index (χ4n) is 1.98. The lowest BCUT2D eigenvalue weighted by Gasteiger charge is -2.24. The van der Waals surface area contributed by atoms with Crippen LogP contribution in [0.4, 0.5) is 0 Å². The average molecular weight is 177 g/mol. The summed E-state index contributed by atoms with van der Waals surface area (Å²) in [5.41, 5.74) is 2.00. The number of ketones is 1. The molecule has 2 rings (SSSR count). The van der Waals surface area contributed by atoms with Crippen molar-refractivity contribution in [3.63, 3.8) is 0 Å². The van der Waals surface area contributed by atoms with Gasteiger partial charge in [-0.2, -0.15) is 0 Å². The van der Waals surface area contributed by atoms with Gasteiger partial charge in [-0.15, -0.1) is 0 Å². The minimum absolute atomic E-state index is 0.133. The van der Waals surface area contributed by atoms with Crippen LogP contribution >= 0.6 is 0 Å². The van der Waals surface area contributed by atoms with Gasteiger partial charge in [0.2, 0.25) is 0 Å². The summed E-state index contributed by atoms with van der Waals surface area (Å²) in [5.74, 6) is 0.133. The van der Waals surface area contributed by atoms with E-state index < -0.39 is 0 Å². The van der Waals surface area contributed by atoms with E-state index in [2.05, 4.69) is 11.5 Å². The average Bonchev–Trinajstić information content (AvgIpc) is 2.62. The molecule has 70 valence electrons. The molecule has 0 aromatic carbocycles. The molecule has 1 aliphatic heterocycles. The molecule has 1 aliphatic carbocycles. The largest absolute Gasteiger partial charge is 0.375 e. The van der Waals surface area contributed by atoms with Crippen molar-refractivity contribution < 1.29 is 4.79 Å². The van der Waals surface area contributed by atoms with Crippen LogP contribution in [-0.4, -0.2) is 23.8 Å². The van der Waals surface area contributed by atoms with Crippen molar-refractivity contribution in [1.82, 2.24) is 4.90 Å². The fraction of sp³-hybridized carbons (Fsp3) is 0.545. The molecule has 0 unspecified atom stereocenters. The molecule has 2 aliphatic rings. The second-order valence-electron chi connectivity index (χ2n) is 3.80. The number of carbonyl (C=O) groups excluding carboxylic acids is 1. The molecule has 0 N–H and O–H groups in total. The highest BCUT2D eigenvalue weighted by Gasteiger charge is 2.20. The lowest BCUT2D eigenvalue weighted by molar-refractivity contribution is -0.111. The molecule has 2 nitrogen and oxygen atoms in total. The van der Waals surface area contributed by atoms with E-state index in [-0.39, 0.29) is 5.78 Å². The summed E-state index contributed by atoms with van der Waals surface area (Å²) >= 11 is 0. The van der Waals surface area contributed by atoms with E-state index >= 15 is 0 Å². The minimum atomic E-state index is 0.133. The quantitative estimate of drug-likeness (QED) is 0.570. The molecule has 0 amide bonds. The first kappa shape index (κ1) is 8.54. The summed E-state index contributed by atoms with van der Waals surface area (Å²) in [5, 5.41) is 0. The molecule has 0 atom stereocenters. The van der Waals surface area contributed by atoms with Crippen LogP contribution in [0.1, 0.15) is 25.7 Å². The van der Waals surface area contributed by atoms with E-state index in [1.165, 1.54) is 18.5 Å². The van der Waals surface area contributed by atoms with E-state index in [4.69, 9.17) is 0 Å². The molecule has 0 spiro atoms. The van der Waals surface area contributed by atoms with Gasteiger partial charge in [0.1, 0.15) is 0 Å². The van der Waals surface area contributed by atoms with Gasteiger partial charge >= 0.3 is 0 Å². The van der Waals surface area contributed by atoms with Crippen molar-refractivity contribution in [1.29, 1.82) is 0 Å². The Hall–Kier alpha value is -1.05. The van der Waals surface area contributed by atoms with Crippen LogP contribution in [0, 0.1) is 0 Å². The predicted octanol–water partition coefficient (Wildman–Crippen LogP) is 1.89. The third-order valence-electron chi connectivity index (χ3n) is 2.84. The Morgan fingerprint density at radius 1 is 1.23 bits per heavy atom. The monoisotopic (exact) mass is 177 g/mol. The number of rotatable bonds is 1. The van der Waals surface area contributed by atoms with Crippen molar-refractivity contribution in [2.75, 3.05) is 13.1 Å². The summed E-state index contributed by atoms with van der Waals surface area (Å²) in [7, 11) is 0. The lowest BCUT2D eigenvalue weighted by atomic mass is 9.98. The first-order chi connectivity index (χ1) is 6.27. The van der Waals surface area contributed by atoms with Crippen LogP contribution in [-0.2, 0) is 4.79 Å². The summed E-state index contributed by atoms with van der Waals surface area (Å²) in [4.78, 5) is 13.7. The van der Waals surface area contributed by atoms with E-state index in [0.29, 0.717) is 0 Å². The zero-order valence-corrected chi connectivity index (χ0v) is 7.88. The lowest BCUT2D eigenvalue weighted by Crippen LogP contribution is -2.22. The molecule has 0 aromatic heterocycles. The first-order valence-corrected chi connectivity index (χ1v) is 4.95. The van der Waals surface area contributed by atoms with Crippen LogP contribution in [0.5, 0.6) is 0 Å². The zero-order valence-electron chi connectivity index (χ0n) is 7.88. The molecular weight excluding hydrogens is 162 g/mol. The van der Waals surface area contributed by atoms with Gasteiger partial charge in [-0.3, -0.25) is 4.79 Å². The normalized spacial score (nSPS) is 23.7. The van der Waals surface area contributed by atoms with Crippen molar-refractivity contribution >= 4 is 5.78 Å². The van der Waals surface area contributed by atoms with Crippen LogP contribution in [0.2, 0.25) is 0 Å². The van der Waals surface area contributed by atoms with Gasteiger partial charge in [0.15, 0.2) is 5.78 Å². The van der Waals surface area contributed by atoms with Crippen molar-refractivity contribution in [2.45, 2.75) is 25.7 Å². The number of likely N-dealkylation sites (tertiary alicyclic amines) is 1.